The molecule has 1 amide bonds. The molecule has 8 nitrogen and oxygen atoms in total. The Morgan fingerprint density at radius 3 is 2.38 bits per heavy atom. The lowest BCUT2D eigenvalue weighted by Gasteiger charge is -2.50. The number of likely N-dealkylation sites (tertiary alicyclic amines) is 2. The summed E-state index contributed by atoms with van der Waals surface area (Å²) in [6.07, 6.45) is 12.4. The summed E-state index contributed by atoms with van der Waals surface area (Å²) in [5.41, 5.74) is 0.840. The number of hydrogen-bond acceptors (Lipinski definition) is 5. The van der Waals surface area contributed by atoms with Crippen LogP contribution in [0.15, 0.2) is 43.0 Å². The highest BCUT2D eigenvalue weighted by atomic mass is 35.5. The molecule has 1 aromatic carbocycles. The third-order valence-electron chi connectivity index (χ3n) is 7.08. The predicted molar refractivity (Wildman–Crippen MR) is 133 cm³/mol. The average molecular weight is 508 g/mol. The molecular weight excluding hydrogens is 474 g/mol. The van der Waals surface area contributed by atoms with Crippen LogP contribution in [0.1, 0.15) is 37.7 Å². The molecule has 0 unspecified atom stereocenters. The number of carbonyl (C=O) groups is 1. The van der Waals surface area contributed by atoms with Gasteiger partial charge in [0.1, 0.15) is 6.04 Å². The minimum atomic E-state index is -3.55. The lowest BCUT2D eigenvalue weighted by atomic mass is 9.83. The quantitative estimate of drug-likeness (QED) is 0.593. The van der Waals surface area contributed by atoms with Crippen LogP contribution >= 0.6 is 11.6 Å². The number of nitrogens with one attached hydrogen (secondary N) is 1. The molecular formula is C24H34ClN5O3S. The Morgan fingerprint density at radius 2 is 1.79 bits per heavy atom. The minimum absolute atomic E-state index is 0.0200. The molecule has 0 bridgehead atoms. The Hall–Kier alpha value is -1.94. The van der Waals surface area contributed by atoms with Gasteiger partial charge < -0.3 is 9.47 Å². The van der Waals surface area contributed by atoms with E-state index in [1.54, 1.807) is 18.3 Å². The van der Waals surface area contributed by atoms with Crippen molar-refractivity contribution >= 4 is 27.5 Å². The molecule has 0 spiro atoms. The smallest absolute Gasteiger partial charge is 0.241 e. The number of halogens is 1. The van der Waals surface area contributed by atoms with Crippen molar-refractivity contribution in [1.29, 1.82) is 0 Å². The van der Waals surface area contributed by atoms with Crippen molar-refractivity contribution in [3.8, 4) is 0 Å². The Kier molecular flexibility index (Phi) is 7.97. The van der Waals surface area contributed by atoms with Gasteiger partial charge in [-0.3, -0.25) is 9.69 Å². The molecule has 34 heavy (non-hydrogen) atoms. The van der Waals surface area contributed by atoms with E-state index in [2.05, 4.69) is 19.2 Å². The molecule has 1 atom stereocenters. The normalized spacial score (nSPS) is 20.2. The summed E-state index contributed by atoms with van der Waals surface area (Å²) in [6, 6.07) is 6.32. The van der Waals surface area contributed by atoms with Crippen LogP contribution in [0, 0.1) is 0 Å². The molecule has 2 fully saturated rings. The molecule has 1 aromatic heterocycles. The summed E-state index contributed by atoms with van der Waals surface area (Å²) in [5.74, 6) is -0.171. The number of nitrogens with zero attached hydrogens (tertiary/aromatic N) is 4. The van der Waals surface area contributed by atoms with Crippen LogP contribution in [0.2, 0.25) is 5.02 Å². The van der Waals surface area contributed by atoms with Crippen molar-refractivity contribution in [2.75, 3.05) is 32.4 Å². The highest BCUT2D eigenvalue weighted by Crippen LogP contribution is 2.33. The van der Waals surface area contributed by atoms with Crippen LogP contribution in [-0.4, -0.2) is 77.7 Å². The Labute approximate surface area is 207 Å². The largest absolute Gasteiger partial charge is 0.341 e. The van der Waals surface area contributed by atoms with Crippen LogP contribution in [0.4, 0.5) is 0 Å². The summed E-state index contributed by atoms with van der Waals surface area (Å²) in [6.45, 7) is 4.22. The topological polar surface area (TPSA) is 87.5 Å². The number of sulfonamides is 1. The molecule has 2 saturated heterocycles. The maximum Gasteiger partial charge on any atom is 0.241 e. The first-order valence-corrected chi connectivity index (χ1v) is 14.2. The zero-order valence-corrected chi connectivity index (χ0v) is 21.3. The number of rotatable bonds is 8. The molecule has 3 heterocycles. The number of piperidine rings is 2. The van der Waals surface area contributed by atoms with Gasteiger partial charge in [-0.25, -0.2) is 18.1 Å². The van der Waals surface area contributed by atoms with E-state index >= 15 is 0 Å². The van der Waals surface area contributed by atoms with Crippen LogP contribution in [0.5, 0.6) is 0 Å². The zero-order chi connectivity index (χ0) is 24.2. The summed E-state index contributed by atoms with van der Waals surface area (Å²) in [5, 5.41) is 0.602. The Bertz CT molecular complexity index is 1040. The maximum atomic E-state index is 13.5. The molecule has 186 valence electrons. The van der Waals surface area contributed by atoms with E-state index in [1.165, 1.54) is 19.3 Å². The van der Waals surface area contributed by atoms with Gasteiger partial charge in [0.15, 0.2) is 0 Å². The SMILES string of the molecule is CS(=O)(=O)N[C@@H](Cc1ccc(Cl)cc1)C(=O)N1CCC(Cn2ccnc2)(N2CCCCC2)CC1. The van der Waals surface area contributed by atoms with Crippen LogP contribution in [0.3, 0.4) is 0 Å². The number of hydrogen-bond donors (Lipinski definition) is 1. The predicted octanol–water partition coefficient (Wildman–Crippen LogP) is 2.54. The van der Waals surface area contributed by atoms with E-state index < -0.39 is 16.1 Å². The Morgan fingerprint density at radius 1 is 1.12 bits per heavy atom. The van der Waals surface area contributed by atoms with Gasteiger partial charge in [-0.15, -0.1) is 0 Å². The van der Waals surface area contributed by atoms with Crippen molar-refractivity contribution in [3.05, 3.63) is 53.6 Å². The summed E-state index contributed by atoms with van der Waals surface area (Å²) in [4.78, 5) is 22.1. The van der Waals surface area contributed by atoms with Crippen molar-refractivity contribution in [1.82, 2.24) is 24.1 Å². The highest BCUT2D eigenvalue weighted by molar-refractivity contribution is 7.88. The second kappa shape index (κ2) is 10.8. The molecule has 4 rings (SSSR count). The first-order chi connectivity index (χ1) is 16.2. The molecule has 0 saturated carbocycles. The van der Waals surface area contributed by atoms with E-state index in [1.807, 2.05) is 29.6 Å². The third-order valence-corrected chi connectivity index (χ3v) is 8.04. The van der Waals surface area contributed by atoms with Crippen molar-refractivity contribution in [2.45, 2.75) is 56.7 Å². The maximum absolute atomic E-state index is 13.5. The Balaban J connectivity index is 1.48. The van der Waals surface area contributed by atoms with Crippen molar-refractivity contribution < 1.29 is 13.2 Å². The van der Waals surface area contributed by atoms with Gasteiger partial charge >= 0.3 is 0 Å². The van der Waals surface area contributed by atoms with E-state index in [0.717, 1.165) is 44.3 Å². The van der Waals surface area contributed by atoms with Gasteiger partial charge in [0.05, 0.1) is 12.6 Å². The molecule has 2 aromatic rings. The van der Waals surface area contributed by atoms with Gasteiger partial charge in [-0.1, -0.05) is 30.2 Å². The molecule has 10 heteroatoms. The lowest BCUT2D eigenvalue weighted by molar-refractivity contribution is -0.136. The molecule has 2 aliphatic heterocycles. The average Bonchev–Trinajstić information content (AvgIpc) is 3.33. The number of amides is 1. The number of imidazole rings is 1. The minimum Gasteiger partial charge on any atom is -0.341 e. The fourth-order valence-corrected chi connectivity index (χ4v) is 6.15. The number of benzene rings is 1. The first-order valence-electron chi connectivity index (χ1n) is 12.0. The van der Waals surface area contributed by atoms with Gasteiger partial charge in [-0.05, 0) is 62.9 Å². The van der Waals surface area contributed by atoms with E-state index in [-0.39, 0.29) is 17.9 Å². The molecule has 0 aliphatic carbocycles. The van der Waals surface area contributed by atoms with Crippen LogP contribution < -0.4 is 4.72 Å². The lowest BCUT2D eigenvalue weighted by Crippen LogP contribution is -2.61. The first kappa shape index (κ1) is 25.2. The molecule has 1 N–H and O–H groups in total. The van der Waals surface area contributed by atoms with Gasteiger partial charge in [0.25, 0.3) is 0 Å². The van der Waals surface area contributed by atoms with Crippen LogP contribution in [-0.2, 0) is 27.8 Å². The van der Waals surface area contributed by atoms with Crippen molar-refractivity contribution in [2.24, 2.45) is 0 Å². The van der Waals surface area contributed by atoms with E-state index in [4.69, 9.17) is 11.6 Å². The standard InChI is InChI=1S/C24H34ClN5O3S/c1-34(32,33)27-22(17-20-5-7-21(25)8-6-20)23(31)29-14-9-24(10-15-29,18-28-16-11-26-19-28)30-12-3-2-4-13-30/h5-8,11,16,19,22,27H,2-4,9-10,12-15,17-18H2,1H3/t22-/m0/s1. The highest BCUT2D eigenvalue weighted by Gasteiger charge is 2.42. The fourth-order valence-electron chi connectivity index (χ4n) is 5.32. The molecule has 2 aliphatic rings. The second-order valence-electron chi connectivity index (χ2n) is 9.61. The van der Waals surface area contributed by atoms with Gasteiger partial charge in [0.2, 0.25) is 15.9 Å². The summed E-state index contributed by atoms with van der Waals surface area (Å²) >= 11 is 5.98. The van der Waals surface area contributed by atoms with Gasteiger partial charge in [0, 0.05) is 42.6 Å². The van der Waals surface area contributed by atoms with Gasteiger partial charge in [-0.2, -0.15) is 0 Å². The number of carbonyl (C=O) groups excluding carboxylic acids is 1. The summed E-state index contributed by atoms with van der Waals surface area (Å²) < 4.78 is 28.8. The second-order valence-corrected chi connectivity index (χ2v) is 11.8. The summed E-state index contributed by atoms with van der Waals surface area (Å²) in [7, 11) is -3.55. The van der Waals surface area contributed by atoms with Crippen molar-refractivity contribution in [3.63, 3.8) is 0 Å². The van der Waals surface area contributed by atoms with E-state index in [9.17, 15) is 13.2 Å². The van der Waals surface area contributed by atoms with E-state index in [0.29, 0.717) is 18.1 Å². The van der Waals surface area contributed by atoms with Crippen LogP contribution in [0.25, 0.3) is 0 Å². The number of aromatic nitrogens is 2. The zero-order valence-electron chi connectivity index (χ0n) is 19.7. The fraction of sp³-hybridized carbons (Fsp3) is 0.583. The monoisotopic (exact) mass is 507 g/mol. The molecule has 0 radical (unpaired) electrons. The third kappa shape index (κ3) is 6.38.